The maximum Gasteiger partial charge on any atom is 0.255 e. The zero-order valence-electron chi connectivity index (χ0n) is 31.3. The van der Waals surface area contributed by atoms with Gasteiger partial charge in [0.2, 0.25) is 17.8 Å². The number of nitrogens with zero attached hydrogens (tertiary/aromatic N) is 7. The maximum absolute atomic E-state index is 13.9. The van der Waals surface area contributed by atoms with E-state index < -0.39 is 18.4 Å². The highest BCUT2D eigenvalue weighted by molar-refractivity contribution is 6.06. The number of ether oxygens (including phenoxy) is 1. The Morgan fingerprint density at radius 2 is 1.80 bits per heavy atom. The summed E-state index contributed by atoms with van der Waals surface area (Å²) in [4.78, 5) is 61.5. The predicted molar refractivity (Wildman–Crippen MR) is 204 cm³/mol. The van der Waals surface area contributed by atoms with Gasteiger partial charge in [0, 0.05) is 97.4 Å². The molecule has 2 aromatic heterocycles. The predicted octanol–water partition coefficient (Wildman–Crippen LogP) is 3.73. The lowest BCUT2D eigenvalue weighted by Crippen LogP contribution is -2.58. The van der Waals surface area contributed by atoms with Crippen molar-refractivity contribution < 1.29 is 27.9 Å². The molecule has 3 fully saturated rings. The first-order valence-corrected chi connectivity index (χ1v) is 19.8. The van der Waals surface area contributed by atoms with Crippen LogP contribution in [-0.2, 0) is 22.6 Å². The van der Waals surface area contributed by atoms with Gasteiger partial charge in [-0.2, -0.15) is 0 Å². The molecule has 5 atom stereocenters. The van der Waals surface area contributed by atoms with Gasteiger partial charge < -0.3 is 24.4 Å². The van der Waals surface area contributed by atoms with E-state index in [2.05, 4.69) is 31.1 Å². The summed E-state index contributed by atoms with van der Waals surface area (Å²) < 4.78 is 34.2. The molecule has 0 radical (unpaired) electrons. The van der Waals surface area contributed by atoms with Crippen LogP contribution in [0.3, 0.4) is 0 Å². The number of hydrogen-bond donors (Lipinski definition) is 2. The van der Waals surface area contributed by atoms with Gasteiger partial charge in [-0.25, -0.2) is 18.7 Å². The normalized spacial score (nSPS) is 26.7. The van der Waals surface area contributed by atoms with Gasteiger partial charge in [0.1, 0.15) is 18.4 Å². The minimum absolute atomic E-state index is 0.0688. The number of alkyl halides is 2. The van der Waals surface area contributed by atoms with Crippen molar-refractivity contribution in [3.05, 3.63) is 76.7 Å². The third kappa shape index (κ3) is 5.97. The number of aromatic amines is 1. The number of piperazine rings is 1. The number of anilines is 2. The van der Waals surface area contributed by atoms with E-state index in [1.165, 1.54) is 5.56 Å². The second-order valence-corrected chi connectivity index (χ2v) is 16.3. The summed E-state index contributed by atoms with van der Waals surface area (Å²) in [6, 6.07) is 11.0. The third-order valence-corrected chi connectivity index (χ3v) is 12.9. The Bertz CT molecular complexity index is 2210. The minimum atomic E-state index is -2.45. The first-order valence-electron chi connectivity index (χ1n) is 19.8. The highest BCUT2D eigenvalue weighted by atomic mass is 19.3. The van der Waals surface area contributed by atoms with Crippen LogP contribution in [0.2, 0.25) is 0 Å². The summed E-state index contributed by atoms with van der Waals surface area (Å²) in [7, 11) is 0. The number of nitrogens with one attached hydrogen (secondary N) is 2. The molecule has 292 valence electrons. The monoisotopic (exact) mass is 765 g/mol. The Balaban J connectivity index is 0.786. The molecule has 2 aromatic carbocycles. The van der Waals surface area contributed by atoms with Crippen molar-refractivity contribution in [1.82, 2.24) is 35.0 Å². The molecular formula is C41H45F2N9O4. The molecule has 4 aromatic rings. The van der Waals surface area contributed by atoms with Gasteiger partial charge in [-0.15, -0.1) is 0 Å². The van der Waals surface area contributed by atoms with E-state index in [9.17, 15) is 23.2 Å². The Labute approximate surface area is 323 Å². The summed E-state index contributed by atoms with van der Waals surface area (Å²) in [6.07, 6.45) is 3.46. The highest BCUT2D eigenvalue weighted by Gasteiger charge is 2.44. The number of H-pyrrole nitrogens is 1. The van der Waals surface area contributed by atoms with Gasteiger partial charge in [0.25, 0.3) is 12.3 Å². The van der Waals surface area contributed by atoms with Crippen molar-refractivity contribution in [2.45, 2.75) is 69.7 Å². The fourth-order valence-corrected chi connectivity index (χ4v) is 10.2. The number of amides is 3. The molecule has 6 aliphatic rings. The molecule has 6 aliphatic heterocycles. The average molecular weight is 766 g/mol. The van der Waals surface area contributed by atoms with E-state index in [1.54, 1.807) is 4.90 Å². The van der Waals surface area contributed by atoms with Crippen LogP contribution >= 0.6 is 0 Å². The van der Waals surface area contributed by atoms with Gasteiger partial charge in [-0.1, -0.05) is 18.2 Å². The first kappa shape index (κ1) is 35.3. The molecule has 3 amide bonds. The van der Waals surface area contributed by atoms with Crippen LogP contribution in [0.5, 0.6) is 5.75 Å². The lowest BCUT2D eigenvalue weighted by Gasteiger charge is -2.46. The molecule has 0 saturated carbocycles. The number of rotatable bonds is 7. The zero-order chi connectivity index (χ0) is 38.2. The van der Waals surface area contributed by atoms with Crippen LogP contribution in [0, 0.1) is 5.92 Å². The fourth-order valence-electron chi connectivity index (χ4n) is 10.2. The Morgan fingerprint density at radius 3 is 2.62 bits per heavy atom. The van der Waals surface area contributed by atoms with Crippen molar-refractivity contribution in [3.8, 4) is 5.75 Å². The second-order valence-electron chi connectivity index (χ2n) is 16.3. The summed E-state index contributed by atoms with van der Waals surface area (Å²) in [6.45, 7) is 7.77. The summed E-state index contributed by atoms with van der Waals surface area (Å²) in [5.74, 6) is 0.934. The molecule has 1 unspecified atom stereocenters. The van der Waals surface area contributed by atoms with E-state index in [-0.39, 0.29) is 42.9 Å². The van der Waals surface area contributed by atoms with Crippen molar-refractivity contribution in [2.24, 2.45) is 5.92 Å². The van der Waals surface area contributed by atoms with Gasteiger partial charge in [0.05, 0.1) is 30.9 Å². The van der Waals surface area contributed by atoms with Crippen LogP contribution < -0.4 is 19.9 Å². The number of aromatic nitrogens is 3. The van der Waals surface area contributed by atoms with Gasteiger partial charge in [-0.3, -0.25) is 29.5 Å². The topological polar surface area (TPSA) is 130 Å². The molecular weight excluding hydrogens is 721 g/mol. The molecule has 8 heterocycles. The molecule has 56 heavy (non-hydrogen) atoms. The van der Waals surface area contributed by atoms with E-state index in [0.29, 0.717) is 43.4 Å². The SMILES string of the molecule is C[C@@H]1Cc2c([nH]c3ccccc23)[C@@H](c2cnc(N3CC[C@@H](CN4CCN5c6ccc7c(c6OC[C@@H]5C4)CN(C4CCC(=O)NC4=O)C7=O)C3)nc2)N1CC(F)F. The number of fused-ring (bicyclic) bond motifs is 8. The number of halogens is 2. The van der Waals surface area contributed by atoms with Gasteiger partial charge in [0.15, 0.2) is 0 Å². The maximum atomic E-state index is 13.9. The van der Waals surface area contributed by atoms with Gasteiger partial charge >= 0.3 is 0 Å². The lowest BCUT2D eigenvalue weighted by molar-refractivity contribution is -0.136. The number of carbonyl (C=O) groups is 3. The number of carbonyl (C=O) groups excluding carboxylic acids is 3. The average Bonchev–Trinajstić information content (AvgIpc) is 3.90. The molecule has 15 heteroatoms. The first-order chi connectivity index (χ1) is 27.2. The highest BCUT2D eigenvalue weighted by Crippen LogP contribution is 2.44. The van der Waals surface area contributed by atoms with Crippen molar-refractivity contribution in [1.29, 1.82) is 0 Å². The zero-order valence-corrected chi connectivity index (χ0v) is 31.3. The van der Waals surface area contributed by atoms with E-state index in [0.717, 1.165) is 84.9 Å². The quantitative estimate of drug-likeness (QED) is 0.269. The summed E-state index contributed by atoms with van der Waals surface area (Å²) in [5, 5.41) is 3.51. The minimum Gasteiger partial charge on any atom is -0.489 e. The smallest absolute Gasteiger partial charge is 0.255 e. The van der Waals surface area contributed by atoms with Crippen molar-refractivity contribution in [2.75, 3.05) is 62.2 Å². The Hall–Kier alpha value is -5.15. The standard InChI is InChI=1S/C41H45F2N9O4/c1-23-14-29-27-4-2-3-5-31(27)46-36(29)37(51(23)21-34(42)43)25-15-44-41(45-16-25)49-11-10-24(18-49)17-48-12-13-50-26(19-48)22-56-38-30-20-52(33-8-9-35(53)47-39(33)54)40(55)28(30)6-7-32(38)50/h2-7,15-16,23-24,26,33-34,37,46H,8-14,17-22H2,1H3,(H,47,53,54)/t23-,24+,26+,33?,37-/m1/s1. The van der Waals surface area contributed by atoms with Crippen molar-refractivity contribution >= 4 is 40.3 Å². The summed E-state index contributed by atoms with van der Waals surface area (Å²) in [5.41, 5.74) is 6.32. The molecule has 0 spiro atoms. The summed E-state index contributed by atoms with van der Waals surface area (Å²) >= 11 is 0. The van der Waals surface area contributed by atoms with Crippen LogP contribution in [0.4, 0.5) is 20.4 Å². The van der Waals surface area contributed by atoms with Gasteiger partial charge in [-0.05, 0) is 55.9 Å². The number of piperidine rings is 1. The molecule has 0 aliphatic carbocycles. The van der Waals surface area contributed by atoms with Crippen molar-refractivity contribution in [3.63, 3.8) is 0 Å². The van der Waals surface area contributed by atoms with E-state index in [4.69, 9.17) is 14.7 Å². The largest absolute Gasteiger partial charge is 0.489 e. The van der Waals surface area contributed by atoms with Crippen LogP contribution in [0.1, 0.15) is 65.0 Å². The number of benzene rings is 2. The van der Waals surface area contributed by atoms with Crippen LogP contribution in [0.25, 0.3) is 10.9 Å². The molecule has 0 bridgehead atoms. The van der Waals surface area contributed by atoms with E-state index >= 15 is 0 Å². The number of para-hydroxylation sites is 1. The van der Waals surface area contributed by atoms with E-state index in [1.807, 2.05) is 54.5 Å². The third-order valence-electron chi connectivity index (χ3n) is 12.9. The Kier molecular flexibility index (Phi) is 8.69. The number of hydrogen-bond acceptors (Lipinski definition) is 10. The fraction of sp³-hybridized carbons (Fsp3) is 0.488. The lowest BCUT2D eigenvalue weighted by atomic mass is 9.89. The molecule has 2 N–H and O–H groups in total. The van der Waals surface area contributed by atoms with Crippen LogP contribution in [-0.4, -0.2) is 124 Å². The second kappa shape index (κ2) is 13.8. The van der Waals surface area contributed by atoms with Crippen LogP contribution in [0.15, 0.2) is 48.8 Å². The number of imide groups is 1. The molecule has 10 rings (SSSR count). The molecule has 13 nitrogen and oxygen atoms in total. The molecule has 3 saturated heterocycles. The Morgan fingerprint density at radius 1 is 0.964 bits per heavy atom.